The molecular formula is C13H14BrF2NO2. The fourth-order valence-corrected chi connectivity index (χ4v) is 2.52. The van der Waals surface area contributed by atoms with Crippen LogP contribution in [0.25, 0.3) is 0 Å². The topological polar surface area (TPSA) is 38.3 Å². The van der Waals surface area contributed by atoms with Gasteiger partial charge >= 0.3 is 0 Å². The van der Waals surface area contributed by atoms with Crippen LogP contribution in [0.5, 0.6) is 0 Å². The molecule has 1 heterocycles. The number of hydrogen-bond acceptors (Lipinski definition) is 2. The Morgan fingerprint density at radius 1 is 1.47 bits per heavy atom. The monoisotopic (exact) mass is 333 g/mol. The molecule has 0 aliphatic carbocycles. The van der Waals surface area contributed by atoms with Gasteiger partial charge in [-0.05, 0) is 25.5 Å². The molecule has 1 aromatic rings. The first kappa shape index (κ1) is 14.4. The zero-order chi connectivity index (χ0) is 14.0. The van der Waals surface area contributed by atoms with Gasteiger partial charge in [0.2, 0.25) is 0 Å². The maximum atomic E-state index is 13.6. The first-order valence-corrected chi connectivity index (χ1v) is 6.82. The summed E-state index contributed by atoms with van der Waals surface area (Å²) >= 11 is 2.97. The van der Waals surface area contributed by atoms with E-state index in [9.17, 15) is 13.6 Å². The van der Waals surface area contributed by atoms with Gasteiger partial charge in [0.25, 0.3) is 5.91 Å². The van der Waals surface area contributed by atoms with Crippen molar-refractivity contribution in [1.29, 1.82) is 0 Å². The molecule has 1 N–H and O–H groups in total. The zero-order valence-corrected chi connectivity index (χ0v) is 12.0. The van der Waals surface area contributed by atoms with Gasteiger partial charge in [-0.3, -0.25) is 4.79 Å². The molecule has 0 bridgehead atoms. The van der Waals surface area contributed by atoms with Gasteiger partial charge in [-0.1, -0.05) is 15.9 Å². The Balaban J connectivity index is 2.04. The minimum absolute atomic E-state index is 0.0555. The third kappa shape index (κ3) is 3.30. The van der Waals surface area contributed by atoms with Crippen LogP contribution < -0.4 is 5.32 Å². The molecule has 1 aliphatic heterocycles. The van der Waals surface area contributed by atoms with Gasteiger partial charge < -0.3 is 10.1 Å². The summed E-state index contributed by atoms with van der Waals surface area (Å²) in [6.45, 7) is 2.93. The molecule has 1 amide bonds. The summed E-state index contributed by atoms with van der Waals surface area (Å²) in [5, 5.41) is 2.56. The van der Waals surface area contributed by atoms with Crippen molar-refractivity contribution in [1.82, 2.24) is 5.32 Å². The molecule has 1 saturated heterocycles. The van der Waals surface area contributed by atoms with E-state index >= 15 is 0 Å². The third-order valence-corrected chi connectivity index (χ3v) is 3.75. The summed E-state index contributed by atoms with van der Waals surface area (Å²) in [4.78, 5) is 11.8. The van der Waals surface area contributed by atoms with Crippen LogP contribution in [-0.2, 0) is 4.74 Å². The largest absolute Gasteiger partial charge is 0.378 e. The maximum Gasteiger partial charge on any atom is 0.257 e. The molecule has 1 aliphatic rings. The quantitative estimate of drug-likeness (QED) is 0.923. The number of benzene rings is 1. The molecule has 1 fully saturated rings. The number of rotatable bonds is 3. The van der Waals surface area contributed by atoms with Crippen LogP contribution in [0.3, 0.4) is 0 Å². The number of halogens is 3. The number of hydrogen-bond donors (Lipinski definition) is 1. The Morgan fingerprint density at radius 2 is 2.11 bits per heavy atom. The van der Waals surface area contributed by atoms with Crippen LogP contribution >= 0.6 is 15.9 Å². The van der Waals surface area contributed by atoms with Gasteiger partial charge in [0.1, 0.15) is 17.2 Å². The first-order valence-electron chi connectivity index (χ1n) is 6.03. The Bertz CT molecular complexity index is 473. The third-order valence-electron chi connectivity index (χ3n) is 3.29. The lowest BCUT2D eigenvalue weighted by Gasteiger charge is -2.15. The molecule has 19 heavy (non-hydrogen) atoms. The predicted octanol–water partition coefficient (Wildman–Crippen LogP) is 2.88. The van der Waals surface area contributed by atoms with Crippen molar-refractivity contribution >= 4 is 21.8 Å². The molecule has 3 nitrogen and oxygen atoms in total. The van der Waals surface area contributed by atoms with Crippen LogP contribution in [0.1, 0.15) is 23.7 Å². The minimum Gasteiger partial charge on any atom is -0.378 e. The van der Waals surface area contributed by atoms with Crippen LogP contribution in [0.4, 0.5) is 8.78 Å². The summed E-state index contributed by atoms with van der Waals surface area (Å²) < 4.78 is 32.8. The lowest BCUT2D eigenvalue weighted by atomic mass is 10.0. The molecule has 2 atom stereocenters. The van der Waals surface area contributed by atoms with E-state index in [4.69, 9.17) is 4.74 Å². The van der Waals surface area contributed by atoms with Crippen molar-refractivity contribution in [3.8, 4) is 0 Å². The molecule has 2 unspecified atom stereocenters. The second kappa shape index (κ2) is 5.96. The van der Waals surface area contributed by atoms with Gasteiger partial charge in [0.05, 0.1) is 6.10 Å². The van der Waals surface area contributed by atoms with Crippen molar-refractivity contribution in [2.75, 3.05) is 13.2 Å². The number of carbonyl (C=O) groups is 1. The summed E-state index contributed by atoms with van der Waals surface area (Å²) in [6.07, 6.45) is 0.896. The molecule has 0 aromatic heterocycles. The highest BCUT2D eigenvalue weighted by molar-refractivity contribution is 9.10. The predicted molar refractivity (Wildman–Crippen MR) is 69.9 cm³/mol. The Kier molecular flexibility index (Phi) is 4.52. The molecule has 1 aromatic carbocycles. The van der Waals surface area contributed by atoms with Crippen LogP contribution in [0.15, 0.2) is 16.6 Å². The number of nitrogens with one attached hydrogen (secondary N) is 1. The number of carbonyl (C=O) groups excluding carboxylic acids is 1. The van der Waals surface area contributed by atoms with Crippen molar-refractivity contribution in [3.63, 3.8) is 0 Å². The number of amides is 1. The summed E-state index contributed by atoms with van der Waals surface area (Å²) in [5.74, 6) is -2.30. The molecule has 0 saturated carbocycles. The second-order valence-corrected chi connectivity index (χ2v) is 5.49. The zero-order valence-electron chi connectivity index (χ0n) is 10.4. The van der Waals surface area contributed by atoms with Crippen LogP contribution in [0, 0.1) is 17.6 Å². The summed E-state index contributed by atoms with van der Waals surface area (Å²) in [5.41, 5.74) is -0.547. The second-order valence-electron chi connectivity index (χ2n) is 4.58. The van der Waals surface area contributed by atoms with Gasteiger partial charge in [0, 0.05) is 23.5 Å². The molecule has 104 valence electrons. The van der Waals surface area contributed by atoms with Gasteiger partial charge in [-0.2, -0.15) is 0 Å². The van der Waals surface area contributed by atoms with E-state index in [0.29, 0.717) is 13.2 Å². The molecular weight excluding hydrogens is 320 g/mol. The van der Waals surface area contributed by atoms with E-state index in [1.807, 2.05) is 6.92 Å². The van der Waals surface area contributed by atoms with E-state index in [1.54, 1.807) is 0 Å². The normalized spacial score (nSPS) is 22.5. The van der Waals surface area contributed by atoms with E-state index in [2.05, 4.69) is 21.2 Å². The smallest absolute Gasteiger partial charge is 0.257 e. The van der Waals surface area contributed by atoms with Crippen molar-refractivity contribution in [2.24, 2.45) is 5.92 Å². The average Bonchev–Trinajstić information content (AvgIpc) is 2.70. The summed E-state index contributed by atoms with van der Waals surface area (Å²) in [6, 6.07) is 2.14. The Hall–Kier alpha value is -1.01. The molecule has 0 radical (unpaired) electrons. The van der Waals surface area contributed by atoms with E-state index in [1.165, 1.54) is 0 Å². The number of ether oxygens (including phenoxy) is 1. The van der Waals surface area contributed by atoms with Crippen LogP contribution in [-0.4, -0.2) is 25.2 Å². The van der Waals surface area contributed by atoms with E-state index in [0.717, 1.165) is 18.6 Å². The van der Waals surface area contributed by atoms with Crippen LogP contribution in [0.2, 0.25) is 0 Å². The first-order chi connectivity index (χ1) is 8.99. The van der Waals surface area contributed by atoms with Crippen molar-refractivity contribution in [3.05, 3.63) is 33.8 Å². The SMILES string of the molecule is CC1OCCC1CNC(=O)c1c(F)cc(Br)cc1F. The van der Waals surface area contributed by atoms with Gasteiger partial charge in [0.15, 0.2) is 0 Å². The van der Waals surface area contributed by atoms with Crippen molar-refractivity contribution in [2.45, 2.75) is 19.4 Å². The average molecular weight is 334 g/mol. The van der Waals surface area contributed by atoms with E-state index in [-0.39, 0.29) is 16.5 Å². The lowest BCUT2D eigenvalue weighted by Crippen LogP contribution is -2.33. The maximum absolute atomic E-state index is 13.6. The molecule has 2 rings (SSSR count). The van der Waals surface area contributed by atoms with E-state index < -0.39 is 23.1 Å². The Labute approximate surface area is 118 Å². The fraction of sp³-hybridized carbons (Fsp3) is 0.462. The summed E-state index contributed by atoms with van der Waals surface area (Å²) in [7, 11) is 0. The fourth-order valence-electron chi connectivity index (χ4n) is 2.12. The lowest BCUT2D eigenvalue weighted by molar-refractivity contribution is 0.0900. The highest BCUT2D eigenvalue weighted by Crippen LogP contribution is 2.21. The van der Waals surface area contributed by atoms with Gasteiger partial charge in [-0.15, -0.1) is 0 Å². The molecule has 0 spiro atoms. The van der Waals surface area contributed by atoms with Gasteiger partial charge in [-0.25, -0.2) is 8.78 Å². The standard InChI is InChI=1S/C13H14BrF2NO2/c1-7-8(2-3-19-7)6-17-13(18)12-10(15)4-9(14)5-11(12)16/h4-5,7-8H,2-3,6H2,1H3,(H,17,18). The highest BCUT2D eigenvalue weighted by atomic mass is 79.9. The minimum atomic E-state index is -0.875. The molecule has 6 heteroatoms. The van der Waals surface area contributed by atoms with Crippen molar-refractivity contribution < 1.29 is 18.3 Å². The highest BCUT2D eigenvalue weighted by Gasteiger charge is 2.26. The Morgan fingerprint density at radius 3 is 2.63 bits per heavy atom.